The van der Waals surface area contributed by atoms with Crippen molar-refractivity contribution < 1.29 is 5.11 Å². The van der Waals surface area contributed by atoms with Crippen molar-refractivity contribution in [2.75, 3.05) is 0 Å². The van der Waals surface area contributed by atoms with Crippen molar-refractivity contribution in [2.45, 2.75) is 20.5 Å². The van der Waals surface area contributed by atoms with Crippen LogP contribution in [0.25, 0.3) is 11.0 Å². The molecule has 0 fully saturated rings. The van der Waals surface area contributed by atoms with E-state index in [4.69, 9.17) is 5.11 Å². The fraction of sp³-hybridized carbons (Fsp3) is 0.300. The molecule has 3 heteroatoms. The van der Waals surface area contributed by atoms with Crippen molar-refractivity contribution in [3.05, 3.63) is 30.1 Å². The lowest BCUT2D eigenvalue weighted by Crippen LogP contribution is -1.83. The topological polar surface area (TPSA) is 48.9 Å². The number of para-hydroxylation sites is 2. The summed E-state index contributed by atoms with van der Waals surface area (Å²) < 4.78 is 0. The van der Waals surface area contributed by atoms with Gasteiger partial charge in [-0.25, -0.2) is 4.98 Å². The van der Waals surface area contributed by atoms with Crippen LogP contribution >= 0.6 is 0 Å². The van der Waals surface area contributed by atoms with Crippen molar-refractivity contribution in [1.82, 2.24) is 9.97 Å². The van der Waals surface area contributed by atoms with E-state index in [1.165, 1.54) is 0 Å². The Hall–Kier alpha value is -1.35. The van der Waals surface area contributed by atoms with E-state index >= 15 is 0 Å². The lowest BCUT2D eigenvalue weighted by atomic mass is 10.3. The third kappa shape index (κ3) is 2.06. The molecule has 0 unspecified atom stereocenters. The number of rotatable bonds is 1. The number of nitrogens with one attached hydrogen (secondary N) is 1. The molecule has 2 rings (SSSR count). The van der Waals surface area contributed by atoms with Gasteiger partial charge in [0.25, 0.3) is 0 Å². The number of aromatic amines is 1. The molecule has 0 atom stereocenters. The molecule has 0 aliphatic heterocycles. The van der Waals surface area contributed by atoms with Crippen LogP contribution in [0.3, 0.4) is 0 Å². The monoisotopic (exact) mass is 178 g/mol. The van der Waals surface area contributed by atoms with Crippen molar-refractivity contribution >= 4 is 11.0 Å². The van der Waals surface area contributed by atoms with Gasteiger partial charge in [0.05, 0.1) is 11.0 Å². The van der Waals surface area contributed by atoms with Crippen LogP contribution < -0.4 is 0 Å². The Morgan fingerprint density at radius 1 is 1.31 bits per heavy atom. The first-order valence-electron chi connectivity index (χ1n) is 4.44. The largest absolute Gasteiger partial charge is 0.388 e. The fourth-order valence-corrected chi connectivity index (χ4v) is 1.08. The van der Waals surface area contributed by atoms with E-state index in [9.17, 15) is 0 Å². The summed E-state index contributed by atoms with van der Waals surface area (Å²) in [4.78, 5) is 7.11. The molecule has 0 saturated heterocycles. The van der Waals surface area contributed by atoms with Gasteiger partial charge in [-0.3, -0.25) is 0 Å². The van der Waals surface area contributed by atoms with Crippen LogP contribution in [0.2, 0.25) is 0 Å². The molecule has 0 spiro atoms. The minimum absolute atomic E-state index is 0.0331. The molecular formula is C10H14N2O. The van der Waals surface area contributed by atoms with Gasteiger partial charge in [0.1, 0.15) is 12.4 Å². The van der Waals surface area contributed by atoms with E-state index in [-0.39, 0.29) is 6.61 Å². The first-order valence-corrected chi connectivity index (χ1v) is 4.44. The Balaban J connectivity index is 0.000000396. The SMILES string of the molecule is CC.OCc1nc2ccccc2[nH]1. The smallest absolute Gasteiger partial charge is 0.133 e. The summed E-state index contributed by atoms with van der Waals surface area (Å²) in [5.41, 5.74) is 1.87. The predicted octanol–water partition coefficient (Wildman–Crippen LogP) is 2.08. The first kappa shape index (κ1) is 9.74. The molecule has 0 amide bonds. The van der Waals surface area contributed by atoms with Crippen molar-refractivity contribution in [2.24, 2.45) is 0 Å². The highest BCUT2D eigenvalue weighted by Crippen LogP contribution is 2.09. The number of hydrogen-bond acceptors (Lipinski definition) is 2. The summed E-state index contributed by atoms with van der Waals surface area (Å²) in [7, 11) is 0. The third-order valence-corrected chi connectivity index (χ3v) is 1.59. The number of aliphatic hydroxyl groups is 1. The normalized spacial score (nSPS) is 9.46. The van der Waals surface area contributed by atoms with Crippen LogP contribution in [0.15, 0.2) is 24.3 Å². The maximum atomic E-state index is 8.74. The van der Waals surface area contributed by atoms with Crippen molar-refractivity contribution in [3.8, 4) is 0 Å². The highest BCUT2D eigenvalue weighted by Gasteiger charge is 1.97. The predicted molar refractivity (Wildman–Crippen MR) is 53.4 cm³/mol. The van der Waals surface area contributed by atoms with Gasteiger partial charge in [0.15, 0.2) is 0 Å². The number of benzene rings is 1. The Morgan fingerprint density at radius 3 is 2.62 bits per heavy atom. The zero-order valence-electron chi connectivity index (χ0n) is 7.91. The van der Waals surface area contributed by atoms with Crippen LogP contribution in [-0.4, -0.2) is 15.1 Å². The van der Waals surface area contributed by atoms with Crippen LogP contribution in [0, 0.1) is 0 Å². The zero-order valence-corrected chi connectivity index (χ0v) is 7.91. The molecule has 0 radical (unpaired) electrons. The summed E-state index contributed by atoms with van der Waals surface area (Å²) in [6.45, 7) is 3.97. The van der Waals surface area contributed by atoms with Crippen molar-refractivity contribution in [1.29, 1.82) is 0 Å². The summed E-state index contributed by atoms with van der Waals surface area (Å²) in [6, 6.07) is 7.69. The molecule has 13 heavy (non-hydrogen) atoms. The average molecular weight is 178 g/mol. The molecule has 1 heterocycles. The minimum Gasteiger partial charge on any atom is -0.388 e. The molecule has 2 N–H and O–H groups in total. The molecule has 2 aromatic rings. The lowest BCUT2D eigenvalue weighted by Gasteiger charge is -1.82. The third-order valence-electron chi connectivity index (χ3n) is 1.59. The Kier molecular flexibility index (Phi) is 3.46. The highest BCUT2D eigenvalue weighted by molar-refractivity contribution is 5.74. The van der Waals surface area contributed by atoms with E-state index in [0.29, 0.717) is 5.82 Å². The molecule has 0 aliphatic carbocycles. The molecule has 0 bridgehead atoms. The highest BCUT2D eigenvalue weighted by atomic mass is 16.3. The number of aliphatic hydroxyl groups excluding tert-OH is 1. The molecule has 0 saturated carbocycles. The van der Waals surface area contributed by atoms with Crippen LogP contribution in [0.4, 0.5) is 0 Å². The number of hydrogen-bond donors (Lipinski definition) is 2. The molecule has 0 aliphatic rings. The first-order chi connectivity index (χ1) is 6.40. The number of aromatic nitrogens is 2. The summed E-state index contributed by atoms with van der Waals surface area (Å²) in [5.74, 6) is 0.617. The summed E-state index contributed by atoms with van der Waals surface area (Å²) in [6.07, 6.45) is 0. The molecule has 1 aromatic heterocycles. The van der Waals surface area contributed by atoms with Gasteiger partial charge in [-0.2, -0.15) is 0 Å². The fourth-order valence-electron chi connectivity index (χ4n) is 1.08. The van der Waals surface area contributed by atoms with Gasteiger partial charge in [-0.05, 0) is 12.1 Å². The lowest BCUT2D eigenvalue weighted by molar-refractivity contribution is 0.273. The van der Waals surface area contributed by atoms with Gasteiger partial charge < -0.3 is 10.1 Å². The quantitative estimate of drug-likeness (QED) is 0.702. The van der Waals surface area contributed by atoms with Crippen LogP contribution in [0.1, 0.15) is 19.7 Å². The average Bonchev–Trinajstić information content (AvgIpc) is 2.63. The van der Waals surface area contributed by atoms with E-state index in [2.05, 4.69) is 9.97 Å². The standard InChI is InChI=1S/C8H8N2O.C2H6/c11-5-8-9-6-3-1-2-4-7(6)10-8;1-2/h1-4,11H,5H2,(H,9,10);1-2H3. The number of H-pyrrole nitrogens is 1. The van der Waals surface area contributed by atoms with Crippen molar-refractivity contribution in [3.63, 3.8) is 0 Å². The molecule has 70 valence electrons. The van der Waals surface area contributed by atoms with Gasteiger partial charge in [0.2, 0.25) is 0 Å². The number of imidazole rings is 1. The molecule has 3 nitrogen and oxygen atoms in total. The Labute approximate surface area is 77.4 Å². The summed E-state index contributed by atoms with van der Waals surface area (Å²) >= 11 is 0. The van der Waals surface area contributed by atoms with Gasteiger partial charge >= 0.3 is 0 Å². The Morgan fingerprint density at radius 2 is 2.00 bits per heavy atom. The second kappa shape index (κ2) is 4.62. The minimum atomic E-state index is -0.0331. The van der Waals surface area contributed by atoms with Crippen LogP contribution in [-0.2, 0) is 6.61 Å². The second-order valence-electron chi connectivity index (χ2n) is 2.36. The maximum Gasteiger partial charge on any atom is 0.133 e. The zero-order chi connectivity index (χ0) is 9.68. The van der Waals surface area contributed by atoms with Gasteiger partial charge in [-0.1, -0.05) is 26.0 Å². The van der Waals surface area contributed by atoms with Gasteiger partial charge in [0, 0.05) is 0 Å². The molecular weight excluding hydrogens is 164 g/mol. The number of fused-ring (bicyclic) bond motifs is 1. The van der Waals surface area contributed by atoms with E-state index in [1.807, 2.05) is 38.1 Å². The Bertz CT molecular complexity index is 335. The van der Waals surface area contributed by atoms with E-state index in [0.717, 1.165) is 11.0 Å². The van der Waals surface area contributed by atoms with Gasteiger partial charge in [-0.15, -0.1) is 0 Å². The number of nitrogens with zero attached hydrogens (tertiary/aromatic N) is 1. The maximum absolute atomic E-state index is 8.74. The van der Waals surface area contributed by atoms with E-state index in [1.54, 1.807) is 0 Å². The van der Waals surface area contributed by atoms with E-state index < -0.39 is 0 Å². The summed E-state index contributed by atoms with van der Waals surface area (Å²) in [5, 5.41) is 8.74. The van der Waals surface area contributed by atoms with Crippen LogP contribution in [0.5, 0.6) is 0 Å². The molecule has 1 aromatic carbocycles. The second-order valence-corrected chi connectivity index (χ2v) is 2.36.